The van der Waals surface area contributed by atoms with E-state index in [2.05, 4.69) is 27.0 Å². The molecule has 2 aromatic rings. The van der Waals surface area contributed by atoms with Crippen molar-refractivity contribution in [3.8, 4) is 0 Å². The van der Waals surface area contributed by atoms with Gasteiger partial charge in [-0.1, -0.05) is 6.07 Å². The van der Waals surface area contributed by atoms with E-state index in [4.69, 9.17) is 5.73 Å². The van der Waals surface area contributed by atoms with Gasteiger partial charge in [0, 0.05) is 21.6 Å². The summed E-state index contributed by atoms with van der Waals surface area (Å²) in [5.74, 6) is 0.252. The van der Waals surface area contributed by atoms with Gasteiger partial charge in [0.1, 0.15) is 5.82 Å². The van der Waals surface area contributed by atoms with Crippen molar-refractivity contribution in [2.75, 3.05) is 5.73 Å². The van der Waals surface area contributed by atoms with Crippen LogP contribution in [0.5, 0.6) is 0 Å². The lowest BCUT2D eigenvalue weighted by Gasteiger charge is -2.22. The van der Waals surface area contributed by atoms with Gasteiger partial charge >= 0.3 is 0 Å². The summed E-state index contributed by atoms with van der Waals surface area (Å²) in [5, 5.41) is 2.03. The molecule has 20 heavy (non-hydrogen) atoms. The molecule has 0 saturated heterocycles. The van der Waals surface area contributed by atoms with Crippen LogP contribution >= 0.6 is 27.3 Å². The number of amides is 1. The number of thiophene rings is 1. The van der Waals surface area contributed by atoms with Crippen molar-refractivity contribution in [3.63, 3.8) is 0 Å². The SMILES string of the molecule is Nc1ncc(Br)cc1C(=O)N(Cc1cccs1)C1CC1. The van der Waals surface area contributed by atoms with E-state index in [1.54, 1.807) is 23.6 Å². The highest BCUT2D eigenvalue weighted by atomic mass is 79.9. The monoisotopic (exact) mass is 351 g/mol. The molecular formula is C14H14BrN3OS. The summed E-state index contributed by atoms with van der Waals surface area (Å²) in [6.07, 6.45) is 3.74. The Morgan fingerprint density at radius 1 is 1.55 bits per heavy atom. The highest BCUT2D eigenvalue weighted by Gasteiger charge is 2.34. The summed E-state index contributed by atoms with van der Waals surface area (Å²) in [6.45, 7) is 0.646. The van der Waals surface area contributed by atoms with E-state index in [-0.39, 0.29) is 11.7 Å². The van der Waals surface area contributed by atoms with Crippen molar-refractivity contribution in [2.24, 2.45) is 0 Å². The molecule has 0 spiro atoms. The molecule has 104 valence electrons. The number of pyridine rings is 1. The smallest absolute Gasteiger partial charge is 0.258 e. The zero-order valence-corrected chi connectivity index (χ0v) is 13.2. The largest absolute Gasteiger partial charge is 0.383 e. The molecule has 2 aromatic heterocycles. The average Bonchev–Trinajstić information content (AvgIpc) is 3.15. The summed E-state index contributed by atoms with van der Waals surface area (Å²) in [5.41, 5.74) is 6.32. The van der Waals surface area contributed by atoms with Crippen molar-refractivity contribution in [3.05, 3.63) is 44.7 Å². The third-order valence-corrected chi connectivity index (χ3v) is 4.57. The van der Waals surface area contributed by atoms with Crippen LogP contribution in [0.15, 0.2) is 34.2 Å². The standard InChI is InChI=1S/C14H14BrN3OS/c15-9-6-12(13(16)17-7-9)14(19)18(10-3-4-10)8-11-2-1-5-20-11/h1-2,5-7,10H,3-4,8H2,(H2,16,17). The van der Waals surface area contributed by atoms with Crippen molar-refractivity contribution in [1.82, 2.24) is 9.88 Å². The fourth-order valence-corrected chi connectivity index (χ4v) is 3.13. The van der Waals surface area contributed by atoms with Gasteiger partial charge in [0.05, 0.1) is 12.1 Å². The first-order valence-corrected chi connectivity index (χ1v) is 8.07. The van der Waals surface area contributed by atoms with Crippen LogP contribution in [0.4, 0.5) is 5.82 Å². The lowest BCUT2D eigenvalue weighted by Crippen LogP contribution is -2.33. The van der Waals surface area contributed by atoms with E-state index in [1.165, 1.54) is 4.88 Å². The van der Waals surface area contributed by atoms with Gasteiger partial charge in [-0.25, -0.2) is 4.98 Å². The molecule has 1 aliphatic rings. The summed E-state index contributed by atoms with van der Waals surface area (Å²) >= 11 is 5.01. The Morgan fingerprint density at radius 3 is 3.00 bits per heavy atom. The minimum Gasteiger partial charge on any atom is -0.383 e. The molecule has 1 aliphatic carbocycles. The fourth-order valence-electron chi connectivity index (χ4n) is 2.10. The number of hydrogen-bond donors (Lipinski definition) is 1. The molecule has 1 saturated carbocycles. The number of hydrogen-bond acceptors (Lipinski definition) is 4. The quantitative estimate of drug-likeness (QED) is 0.919. The molecule has 0 radical (unpaired) electrons. The van der Waals surface area contributed by atoms with Gasteiger partial charge in [-0.05, 0) is 46.3 Å². The Bertz CT molecular complexity index is 625. The van der Waals surface area contributed by atoms with Gasteiger partial charge in [-0.3, -0.25) is 4.79 Å². The van der Waals surface area contributed by atoms with Gasteiger partial charge in [-0.2, -0.15) is 0 Å². The second-order valence-electron chi connectivity index (χ2n) is 4.83. The van der Waals surface area contributed by atoms with Gasteiger partial charge in [0.25, 0.3) is 5.91 Å². The summed E-state index contributed by atoms with van der Waals surface area (Å²) in [4.78, 5) is 19.9. The number of carbonyl (C=O) groups excluding carboxylic acids is 1. The Balaban J connectivity index is 1.87. The molecule has 0 aliphatic heterocycles. The summed E-state index contributed by atoms with van der Waals surface area (Å²) in [7, 11) is 0. The highest BCUT2D eigenvalue weighted by molar-refractivity contribution is 9.10. The fraction of sp³-hybridized carbons (Fsp3) is 0.286. The number of nitrogens with two attached hydrogens (primary N) is 1. The zero-order valence-electron chi connectivity index (χ0n) is 10.8. The molecule has 1 fully saturated rings. The van der Waals surface area contributed by atoms with Crippen LogP contribution in [0.1, 0.15) is 28.1 Å². The first-order valence-electron chi connectivity index (χ1n) is 6.39. The normalized spacial score (nSPS) is 14.2. The average molecular weight is 352 g/mol. The van der Waals surface area contributed by atoms with Gasteiger partial charge in [0.2, 0.25) is 0 Å². The van der Waals surface area contributed by atoms with Crippen LogP contribution in [0, 0.1) is 0 Å². The molecule has 2 heterocycles. The number of rotatable bonds is 4. The number of aromatic nitrogens is 1. The second kappa shape index (κ2) is 5.54. The number of anilines is 1. The Kier molecular flexibility index (Phi) is 3.76. The molecule has 3 rings (SSSR count). The van der Waals surface area contributed by atoms with Crippen molar-refractivity contribution < 1.29 is 4.79 Å². The molecular weight excluding hydrogens is 338 g/mol. The topological polar surface area (TPSA) is 59.2 Å². The number of nitrogen functional groups attached to an aromatic ring is 1. The van der Waals surface area contributed by atoms with E-state index in [1.807, 2.05) is 16.3 Å². The maximum absolute atomic E-state index is 12.7. The predicted octanol–water partition coefficient (Wildman–Crippen LogP) is 3.29. The Labute approximate surface area is 129 Å². The first kappa shape index (κ1) is 13.6. The third kappa shape index (κ3) is 2.86. The molecule has 0 bridgehead atoms. The second-order valence-corrected chi connectivity index (χ2v) is 6.78. The molecule has 1 amide bonds. The number of halogens is 1. The van der Waals surface area contributed by atoms with Crippen LogP contribution in [0.3, 0.4) is 0 Å². The first-order chi connectivity index (χ1) is 9.65. The lowest BCUT2D eigenvalue weighted by atomic mass is 10.2. The van der Waals surface area contributed by atoms with Crippen molar-refractivity contribution in [1.29, 1.82) is 0 Å². The Morgan fingerprint density at radius 2 is 2.35 bits per heavy atom. The van der Waals surface area contributed by atoms with Gasteiger partial charge in [0.15, 0.2) is 0 Å². The lowest BCUT2D eigenvalue weighted by molar-refractivity contribution is 0.0732. The molecule has 0 aromatic carbocycles. The third-order valence-electron chi connectivity index (χ3n) is 3.27. The van der Waals surface area contributed by atoms with E-state index < -0.39 is 0 Å². The summed E-state index contributed by atoms with van der Waals surface area (Å²) in [6, 6.07) is 6.14. The van der Waals surface area contributed by atoms with E-state index >= 15 is 0 Å². The predicted molar refractivity (Wildman–Crippen MR) is 83.6 cm³/mol. The van der Waals surface area contributed by atoms with E-state index in [0.29, 0.717) is 18.2 Å². The van der Waals surface area contributed by atoms with Crippen LogP contribution in [-0.4, -0.2) is 21.8 Å². The number of carbonyl (C=O) groups is 1. The minimum atomic E-state index is -0.0350. The van der Waals surface area contributed by atoms with Crippen LogP contribution in [-0.2, 0) is 6.54 Å². The van der Waals surface area contributed by atoms with Crippen molar-refractivity contribution >= 4 is 39.0 Å². The van der Waals surface area contributed by atoms with Crippen LogP contribution in [0.25, 0.3) is 0 Å². The highest BCUT2D eigenvalue weighted by Crippen LogP contribution is 2.31. The zero-order chi connectivity index (χ0) is 14.1. The number of nitrogens with zero attached hydrogens (tertiary/aromatic N) is 2. The molecule has 4 nitrogen and oxygen atoms in total. The van der Waals surface area contributed by atoms with Crippen molar-refractivity contribution in [2.45, 2.75) is 25.4 Å². The van der Waals surface area contributed by atoms with Gasteiger partial charge in [-0.15, -0.1) is 11.3 Å². The van der Waals surface area contributed by atoms with Crippen LogP contribution in [0.2, 0.25) is 0 Å². The molecule has 6 heteroatoms. The van der Waals surface area contributed by atoms with Crippen LogP contribution < -0.4 is 5.73 Å². The van der Waals surface area contributed by atoms with Gasteiger partial charge < -0.3 is 10.6 Å². The van der Waals surface area contributed by atoms with E-state index in [0.717, 1.165) is 17.3 Å². The molecule has 0 atom stereocenters. The summed E-state index contributed by atoms with van der Waals surface area (Å²) < 4.78 is 0.766. The minimum absolute atomic E-state index is 0.0350. The molecule has 2 N–H and O–H groups in total. The maximum atomic E-state index is 12.7. The maximum Gasteiger partial charge on any atom is 0.258 e. The van der Waals surface area contributed by atoms with E-state index in [9.17, 15) is 4.79 Å². The Hall–Kier alpha value is -1.40. The molecule has 0 unspecified atom stereocenters.